The average Bonchev–Trinajstić information content (AvgIpc) is 2.88. The Bertz CT molecular complexity index is 847. The molecule has 4 heteroatoms. The van der Waals surface area contributed by atoms with Crippen LogP contribution in [0, 0.1) is 34.5 Å². The number of fused-ring (bicyclic) bond motifs is 5. The predicted octanol–water partition coefficient (Wildman–Crippen LogP) is 5.70. The van der Waals surface area contributed by atoms with Crippen LogP contribution >= 0.6 is 0 Å². The molecule has 172 valence electrons. The van der Waals surface area contributed by atoms with Gasteiger partial charge in [0.05, 0.1) is 11.5 Å². The first kappa shape index (κ1) is 22.8. The van der Waals surface area contributed by atoms with E-state index >= 15 is 0 Å². The van der Waals surface area contributed by atoms with Crippen LogP contribution in [0.2, 0.25) is 0 Å². The summed E-state index contributed by atoms with van der Waals surface area (Å²) in [7, 11) is 0. The monoisotopic (exact) mass is 428 g/mol. The van der Waals surface area contributed by atoms with Crippen molar-refractivity contribution in [3.8, 4) is 0 Å². The van der Waals surface area contributed by atoms with E-state index in [-0.39, 0.29) is 28.7 Å². The molecule has 2 fully saturated rings. The molecule has 4 aliphatic rings. The maximum Gasteiger partial charge on any atom is 0.203 e. The summed E-state index contributed by atoms with van der Waals surface area (Å²) in [5.41, 5.74) is 0.567. The number of aliphatic hydroxyl groups is 2. The number of carbonyl (C=O) groups excluding carboxylic acids is 2. The van der Waals surface area contributed by atoms with Crippen molar-refractivity contribution in [2.45, 2.75) is 98.0 Å². The maximum atomic E-state index is 13.4. The van der Waals surface area contributed by atoms with Crippen molar-refractivity contribution in [3.05, 3.63) is 23.0 Å². The summed E-state index contributed by atoms with van der Waals surface area (Å²) in [6.07, 6.45) is 9.36. The Morgan fingerprint density at radius 3 is 2.52 bits per heavy atom. The van der Waals surface area contributed by atoms with Crippen LogP contribution in [-0.2, 0) is 9.59 Å². The number of ketones is 2. The molecule has 0 aromatic carbocycles. The lowest BCUT2D eigenvalue weighted by molar-refractivity contribution is -0.136. The van der Waals surface area contributed by atoms with Gasteiger partial charge in [0.1, 0.15) is 0 Å². The summed E-state index contributed by atoms with van der Waals surface area (Å²) in [4.78, 5) is 25.4. The van der Waals surface area contributed by atoms with Gasteiger partial charge < -0.3 is 10.2 Å². The highest BCUT2D eigenvalue weighted by molar-refractivity contribution is 6.00. The molecule has 4 aliphatic carbocycles. The van der Waals surface area contributed by atoms with Crippen LogP contribution in [0.3, 0.4) is 0 Å². The highest BCUT2D eigenvalue weighted by Crippen LogP contribution is 2.66. The molecule has 0 bridgehead atoms. The molecular formula is C27H40O4. The number of rotatable bonds is 5. The van der Waals surface area contributed by atoms with Crippen molar-refractivity contribution in [3.63, 3.8) is 0 Å². The van der Waals surface area contributed by atoms with Crippen molar-refractivity contribution < 1.29 is 19.8 Å². The fraction of sp³-hybridized carbons (Fsp3) is 0.778. The highest BCUT2D eigenvalue weighted by Gasteiger charge is 2.63. The van der Waals surface area contributed by atoms with E-state index in [9.17, 15) is 19.8 Å². The van der Waals surface area contributed by atoms with Crippen molar-refractivity contribution in [1.82, 2.24) is 0 Å². The molecule has 4 rings (SSSR count). The highest BCUT2D eigenvalue weighted by atomic mass is 16.3. The van der Waals surface area contributed by atoms with Crippen LogP contribution in [0.1, 0.15) is 92.4 Å². The van der Waals surface area contributed by atoms with Crippen LogP contribution in [0.5, 0.6) is 0 Å². The predicted molar refractivity (Wildman–Crippen MR) is 121 cm³/mol. The molecule has 2 N–H and O–H groups in total. The second-order valence-corrected chi connectivity index (χ2v) is 12.0. The summed E-state index contributed by atoms with van der Waals surface area (Å²) in [6.45, 7) is 10.6. The number of allylic oxidation sites excluding steroid dienone is 4. The first-order valence-electron chi connectivity index (χ1n) is 12.4. The van der Waals surface area contributed by atoms with Gasteiger partial charge in [0.15, 0.2) is 11.5 Å². The van der Waals surface area contributed by atoms with Crippen molar-refractivity contribution in [1.29, 1.82) is 0 Å². The fourth-order valence-electron chi connectivity index (χ4n) is 7.88. The third-order valence-corrected chi connectivity index (χ3v) is 9.42. The largest absolute Gasteiger partial charge is 0.504 e. The van der Waals surface area contributed by atoms with E-state index in [0.717, 1.165) is 50.5 Å². The van der Waals surface area contributed by atoms with E-state index in [0.29, 0.717) is 24.7 Å². The van der Waals surface area contributed by atoms with Gasteiger partial charge in [-0.2, -0.15) is 0 Å². The molecule has 0 radical (unpaired) electrons. The summed E-state index contributed by atoms with van der Waals surface area (Å²) < 4.78 is 0. The summed E-state index contributed by atoms with van der Waals surface area (Å²) in [6, 6.07) is 0. The van der Waals surface area contributed by atoms with Gasteiger partial charge in [0.25, 0.3) is 0 Å². The van der Waals surface area contributed by atoms with E-state index in [4.69, 9.17) is 0 Å². The molecule has 0 aliphatic heterocycles. The molecule has 6 atom stereocenters. The number of Topliss-reactive ketones (excluding diaryl/α,β-unsaturated/α-hetero) is 1. The molecule has 4 nitrogen and oxygen atoms in total. The molecule has 4 unspecified atom stereocenters. The average molecular weight is 429 g/mol. The normalized spacial score (nSPS) is 39.7. The molecule has 0 amide bonds. The topological polar surface area (TPSA) is 74.6 Å². The summed E-state index contributed by atoms with van der Waals surface area (Å²) in [5.74, 6) is 0.434. The second-order valence-electron chi connectivity index (χ2n) is 12.0. The Balaban J connectivity index is 1.65. The SMILES string of the molecule is CC(C)CCCC(C)(O)C1C(=O)C(O)=C2C3CCC4=CC(=O)CC[C@]4(C)C3CC[C@@]21C. The lowest BCUT2D eigenvalue weighted by Gasteiger charge is -2.56. The van der Waals surface area contributed by atoms with Gasteiger partial charge in [-0.15, -0.1) is 0 Å². The van der Waals surface area contributed by atoms with Crippen molar-refractivity contribution in [2.75, 3.05) is 0 Å². The van der Waals surface area contributed by atoms with Crippen LogP contribution in [0.15, 0.2) is 23.0 Å². The third-order valence-electron chi connectivity index (χ3n) is 9.42. The van der Waals surface area contributed by atoms with Gasteiger partial charge in [-0.25, -0.2) is 0 Å². The van der Waals surface area contributed by atoms with Crippen LogP contribution in [0.4, 0.5) is 0 Å². The van der Waals surface area contributed by atoms with Crippen molar-refractivity contribution in [2.24, 2.45) is 34.5 Å². The first-order chi connectivity index (χ1) is 14.4. The van der Waals surface area contributed by atoms with Crippen LogP contribution in [-0.4, -0.2) is 27.4 Å². The summed E-state index contributed by atoms with van der Waals surface area (Å²) >= 11 is 0. The van der Waals surface area contributed by atoms with Gasteiger partial charge in [0.2, 0.25) is 5.78 Å². The smallest absolute Gasteiger partial charge is 0.203 e. The van der Waals surface area contributed by atoms with Gasteiger partial charge in [-0.05, 0) is 80.3 Å². The fourth-order valence-corrected chi connectivity index (χ4v) is 7.88. The van der Waals surface area contributed by atoms with E-state index < -0.39 is 16.9 Å². The standard InChI is InChI=1S/C27H40O4/c1-16(2)7-6-12-27(5,31)24-23(30)22(29)21-19-9-8-17-15-18(28)10-13-25(17,3)20(19)11-14-26(21,24)4/h15-16,19-20,24,29,31H,6-14H2,1-5H3/t19?,20?,24?,25-,26-,27?/m0/s1. The van der Waals surface area contributed by atoms with Gasteiger partial charge in [0, 0.05) is 11.8 Å². The minimum absolute atomic E-state index is 0.0215. The number of aliphatic hydroxyl groups excluding tert-OH is 1. The number of hydrogen-bond donors (Lipinski definition) is 2. The molecular weight excluding hydrogens is 388 g/mol. The Morgan fingerprint density at radius 2 is 1.84 bits per heavy atom. The zero-order chi connectivity index (χ0) is 22.8. The Kier molecular flexibility index (Phi) is 5.56. The zero-order valence-corrected chi connectivity index (χ0v) is 20.0. The van der Waals surface area contributed by atoms with Gasteiger partial charge in [-0.3, -0.25) is 9.59 Å². The lowest BCUT2D eigenvalue weighted by Crippen LogP contribution is -2.52. The second kappa shape index (κ2) is 7.57. The van der Waals surface area contributed by atoms with E-state index in [1.807, 2.05) is 6.08 Å². The molecule has 0 spiro atoms. The molecule has 0 aromatic rings. The Morgan fingerprint density at radius 1 is 1.13 bits per heavy atom. The van der Waals surface area contributed by atoms with Crippen LogP contribution in [0.25, 0.3) is 0 Å². The van der Waals surface area contributed by atoms with Crippen molar-refractivity contribution >= 4 is 11.6 Å². The molecule has 0 aromatic heterocycles. The molecule has 0 saturated heterocycles. The van der Waals surface area contributed by atoms with Gasteiger partial charge in [-0.1, -0.05) is 46.1 Å². The maximum absolute atomic E-state index is 13.4. The van der Waals surface area contributed by atoms with Gasteiger partial charge >= 0.3 is 0 Å². The number of hydrogen-bond acceptors (Lipinski definition) is 4. The summed E-state index contributed by atoms with van der Waals surface area (Å²) in [5, 5.41) is 22.6. The Labute approximate surface area is 187 Å². The quantitative estimate of drug-likeness (QED) is 0.589. The van der Waals surface area contributed by atoms with E-state index in [1.165, 1.54) is 5.57 Å². The zero-order valence-electron chi connectivity index (χ0n) is 20.0. The van der Waals surface area contributed by atoms with Crippen LogP contribution < -0.4 is 0 Å². The first-order valence-corrected chi connectivity index (χ1v) is 12.4. The lowest BCUT2D eigenvalue weighted by atomic mass is 9.47. The minimum Gasteiger partial charge on any atom is -0.504 e. The molecule has 31 heavy (non-hydrogen) atoms. The third kappa shape index (κ3) is 3.44. The van der Waals surface area contributed by atoms with E-state index in [1.54, 1.807) is 6.92 Å². The molecule has 2 saturated carbocycles. The minimum atomic E-state index is -1.12. The number of carbonyl (C=O) groups is 2. The van der Waals surface area contributed by atoms with E-state index in [2.05, 4.69) is 27.7 Å². The molecule has 0 heterocycles. The Hall–Kier alpha value is -1.42.